The fourth-order valence-corrected chi connectivity index (χ4v) is 1.39. The summed E-state index contributed by atoms with van der Waals surface area (Å²) in [5.41, 5.74) is -1.00. The minimum atomic E-state index is -5.16. The van der Waals surface area contributed by atoms with Gasteiger partial charge >= 0.3 is 12.1 Å². The molecule has 0 radical (unpaired) electrons. The van der Waals surface area contributed by atoms with E-state index in [0.29, 0.717) is 0 Å². The van der Waals surface area contributed by atoms with Crippen LogP contribution in [0.15, 0.2) is 24.3 Å². The van der Waals surface area contributed by atoms with Gasteiger partial charge in [0.05, 0.1) is 18.2 Å². The van der Waals surface area contributed by atoms with Gasteiger partial charge in [0.1, 0.15) is 0 Å². The normalized spacial score (nSPS) is 10.6. The monoisotopic (exact) mass is 270 g/mol. The molecule has 0 unspecified atom stereocenters. The zero-order chi connectivity index (χ0) is 14.6. The Hall–Kier alpha value is -2.49. The number of carboxylic acid groups (broad SMARTS) is 1. The van der Waals surface area contributed by atoms with Gasteiger partial charge in [0.15, 0.2) is 0 Å². The molecular weight excluding hydrogens is 263 g/mol. The van der Waals surface area contributed by atoms with Crippen molar-refractivity contribution in [2.24, 2.45) is 0 Å². The molecule has 0 saturated heterocycles. The maximum atomic E-state index is 12.4. The van der Waals surface area contributed by atoms with Crippen LogP contribution < -0.4 is 10.0 Å². The zero-order valence-electron chi connectivity index (χ0n) is 9.40. The Morgan fingerprint density at radius 3 is 2.37 bits per heavy atom. The predicted molar refractivity (Wildman–Crippen MR) is 58.0 cm³/mol. The SMILES string of the molecule is C#CCN(C(=O)C(F)(F)F)c1ccccc1C(=O)[O-]. The molecular formula is C12H7F3NO3-. The van der Waals surface area contributed by atoms with Crippen molar-refractivity contribution in [3.05, 3.63) is 29.8 Å². The minimum Gasteiger partial charge on any atom is -0.545 e. The average molecular weight is 270 g/mol. The molecule has 0 fully saturated rings. The Bertz CT molecular complexity index is 546. The molecule has 0 aromatic heterocycles. The topological polar surface area (TPSA) is 60.4 Å². The first-order valence-electron chi connectivity index (χ1n) is 4.91. The summed E-state index contributed by atoms with van der Waals surface area (Å²) in [6, 6.07) is 4.65. The summed E-state index contributed by atoms with van der Waals surface area (Å²) in [4.78, 5) is 22.2. The van der Waals surface area contributed by atoms with Crippen LogP contribution in [0, 0.1) is 12.3 Å². The maximum Gasteiger partial charge on any atom is 0.471 e. The Morgan fingerprint density at radius 2 is 1.89 bits per heavy atom. The van der Waals surface area contributed by atoms with Gasteiger partial charge in [-0.1, -0.05) is 24.1 Å². The number of carboxylic acids is 1. The number of carbonyl (C=O) groups excluding carboxylic acids is 2. The molecule has 0 aliphatic heterocycles. The summed E-state index contributed by atoms with van der Waals surface area (Å²) >= 11 is 0. The molecule has 0 spiro atoms. The number of hydrogen-bond acceptors (Lipinski definition) is 3. The van der Waals surface area contributed by atoms with E-state index in [1.807, 2.05) is 5.92 Å². The van der Waals surface area contributed by atoms with Gasteiger partial charge in [-0.15, -0.1) is 6.42 Å². The third-order valence-electron chi connectivity index (χ3n) is 2.15. The Morgan fingerprint density at radius 1 is 1.32 bits per heavy atom. The highest BCUT2D eigenvalue weighted by molar-refractivity contribution is 6.03. The molecule has 1 rings (SSSR count). The summed E-state index contributed by atoms with van der Waals surface area (Å²) in [6.45, 7) is -0.706. The van der Waals surface area contributed by atoms with Crippen LogP contribution in [0.2, 0.25) is 0 Å². The molecule has 1 aromatic carbocycles. The highest BCUT2D eigenvalue weighted by atomic mass is 19.4. The van der Waals surface area contributed by atoms with Gasteiger partial charge in [-0.3, -0.25) is 9.69 Å². The summed E-state index contributed by atoms with van der Waals surface area (Å²) in [5.74, 6) is -2.06. The highest BCUT2D eigenvalue weighted by Crippen LogP contribution is 2.26. The van der Waals surface area contributed by atoms with Crippen LogP contribution in [0.3, 0.4) is 0 Å². The zero-order valence-corrected chi connectivity index (χ0v) is 9.40. The number of carbonyl (C=O) groups is 2. The lowest BCUT2D eigenvalue weighted by Gasteiger charge is -2.24. The van der Waals surface area contributed by atoms with Crippen molar-refractivity contribution < 1.29 is 27.9 Å². The number of aromatic carboxylic acids is 1. The van der Waals surface area contributed by atoms with Crippen molar-refractivity contribution in [2.75, 3.05) is 11.4 Å². The number of alkyl halides is 3. The summed E-state index contributed by atoms with van der Waals surface area (Å²) in [5, 5.41) is 10.8. The fraction of sp³-hybridized carbons (Fsp3) is 0.167. The van der Waals surface area contributed by atoms with Gasteiger partial charge < -0.3 is 9.90 Å². The second-order valence-electron chi connectivity index (χ2n) is 3.40. The van der Waals surface area contributed by atoms with Crippen molar-refractivity contribution in [2.45, 2.75) is 6.18 Å². The molecule has 0 N–H and O–H groups in total. The Balaban J connectivity index is 3.33. The largest absolute Gasteiger partial charge is 0.545 e. The van der Waals surface area contributed by atoms with Gasteiger partial charge in [0.2, 0.25) is 0 Å². The first-order valence-corrected chi connectivity index (χ1v) is 4.91. The molecule has 1 aromatic rings. The number of rotatable bonds is 3. The van der Waals surface area contributed by atoms with Gasteiger partial charge in [0.25, 0.3) is 0 Å². The summed E-state index contributed by atoms with van der Waals surface area (Å²) in [6.07, 6.45) is -0.257. The average Bonchev–Trinajstić information content (AvgIpc) is 2.34. The molecule has 7 heteroatoms. The number of benzene rings is 1. The standard InChI is InChI=1S/C12H8F3NO3/c1-2-7-16(11(19)12(13,14)15)9-6-4-3-5-8(9)10(17)18/h1,3-6H,7H2,(H,17,18)/p-1. The van der Waals surface area contributed by atoms with Gasteiger partial charge in [-0.25, -0.2) is 0 Å². The van der Waals surface area contributed by atoms with E-state index >= 15 is 0 Å². The Labute approximate surface area is 106 Å². The van der Waals surface area contributed by atoms with E-state index in [2.05, 4.69) is 0 Å². The van der Waals surface area contributed by atoms with E-state index in [4.69, 9.17) is 6.42 Å². The van der Waals surface area contributed by atoms with Gasteiger partial charge in [-0.05, 0) is 6.07 Å². The molecule has 4 nitrogen and oxygen atoms in total. The van der Waals surface area contributed by atoms with E-state index in [1.54, 1.807) is 0 Å². The van der Waals surface area contributed by atoms with E-state index in [9.17, 15) is 27.9 Å². The third-order valence-corrected chi connectivity index (χ3v) is 2.15. The Kier molecular flexibility index (Phi) is 4.17. The lowest BCUT2D eigenvalue weighted by atomic mass is 10.1. The lowest BCUT2D eigenvalue weighted by molar-refractivity contribution is -0.254. The molecule has 0 aliphatic carbocycles. The van der Waals surface area contributed by atoms with Crippen LogP contribution in [0.5, 0.6) is 0 Å². The summed E-state index contributed by atoms with van der Waals surface area (Å²) in [7, 11) is 0. The van der Waals surface area contributed by atoms with Crippen LogP contribution in [0.4, 0.5) is 18.9 Å². The number of anilines is 1. The van der Waals surface area contributed by atoms with Crippen LogP contribution >= 0.6 is 0 Å². The van der Waals surface area contributed by atoms with Crippen LogP contribution in [-0.2, 0) is 4.79 Å². The number of nitrogens with zero attached hydrogens (tertiary/aromatic N) is 1. The van der Waals surface area contributed by atoms with E-state index in [0.717, 1.165) is 12.1 Å². The number of amides is 1. The number of para-hydroxylation sites is 1. The molecule has 100 valence electrons. The molecule has 0 saturated carbocycles. The van der Waals surface area contributed by atoms with E-state index in [1.165, 1.54) is 12.1 Å². The molecule has 0 aliphatic rings. The second kappa shape index (κ2) is 5.44. The lowest BCUT2D eigenvalue weighted by Crippen LogP contribution is -2.42. The number of halogens is 3. The third kappa shape index (κ3) is 3.25. The van der Waals surface area contributed by atoms with Crippen molar-refractivity contribution in [3.8, 4) is 12.3 Å². The second-order valence-corrected chi connectivity index (χ2v) is 3.40. The van der Waals surface area contributed by atoms with Gasteiger partial charge in [0, 0.05) is 5.56 Å². The smallest absolute Gasteiger partial charge is 0.471 e. The molecule has 0 bridgehead atoms. The quantitative estimate of drug-likeness (QED) is 0.755. The first kappa shape index (κ1) is 14.6. The number of terminal acetylenes is 1. The predicted octanol–water partition coefficient (Wildman–Crippen LogP) is 0.579. The van der Waals surface area contributed by atoms with Crippen LogP contribution in [0.1, 0.15) is 10.4 Å². The van der Waals surface area contributed by atoms with Crippen molar-refractivity contribution in [1.29, 1.82) is 0 Å². The van der Waals surface area contributed by atoms with Gasteiger partial charge in [-0.2, -0.15) is 13.2 Å². The van der Waals surface area contributed by atoms with Crippen molar-refractivity contribution in [1.82, 2.24) is 0 Å². The molecule has 19 heavy (non-hydrogen) atoms. The van der Waals surface area contributed by atoms with Crippen molar-refractivity contribution >= 4 is 17.6 Å². The van der Waals surface area contributed by atoms with E-state index in [-0.39, 0.29) is 4.90 Å². The minimum absolute atomic E-state index is 0.172. The van der Waals surface area contributed by atoms with Crippen molar-refractivity contribution in [3.63, 3.8) is 0 Å². The highest BCUT2D eigenvalue weighted by Gasteiger charge is 2.43. The first-order chi connectivity index (χ1) is 8.79. The fourth-order valence-electron chi connectivity index (χ4n) is 1.39. The molecule has 0 atom stereocenters. The maximum absolute atomic E-state index is 12.4. The van der Waals surface area contributed by atoms with Crippen LogP contribution in [0.25, 0.3) is 0 Å². The number of hydrogen-bond donors (Lipinski definition) is 0. The summed E-state index contributed by atoms with van der Waals surface area (Å²) < 4.78 is 37.3. The molecule has 0 heterocycles. The van der Waals surface area contributed by atoms with E-state index < -0.39 is 35.8 Å². The van der Waals surface area contributed by atoms with Crippen LogP contribution in [-0.4, -0.2) is 24.6 Å². The molecule has 1 amide bonds.